The smallest absolute Gasteiger partial charge is 0.289 e. The molecule has 5 rings (SSSR count). The number of carbonyl (C=O) groups excluding carboxylic acids is 1. The molecule has 2 fully saturated rings. The summed E-state index contributed by atoms with van der Waals surface area (Å²) in [7, 11) is 0. The van der Waals surface area contributed by atoms with E-state index in [1.807, 2.05) is 12.1 Å². The minimum absolute atomic E-state index is 0.0621. The Morgan fingerprint density at radius 2 is 1.89 bits per heavy atom. The number of nitrogens with zero attached hydrogens (tertiary/aromatic N) is 4. The number of rotatable bonds is 4. The van der Waals surface area contributed by atoms with Crippen LogP contribution in [0, 0.1) is 11.8 Å². The number of carbonyl (C=O) groups is 1. The fourth-order valence-corrected chi connectivity index (χ4v) is 4.69. The highest BCUT2D eigenvalue weighted by Gasteiger charge is 2.39. The van der Waals surface area contributed by atoms with Crippen LogP contribution in [-0.2, 0) is 19.5 Å². The monoisotopic (exact) mass is 385 g/mol. The van der Waals surface area contributed by atoms with Gasteiger partial charge < -0.3 is 9.88 Å². The minimum Gasteiger partial charge on any atom is -0.347 e. The van der Waals surface area contributed by atoms with Gasteiger partial charge in [-0.05, 0) is 48.8 Å². The molecular weight excluding hydrogens is 362 g/mol. The van der Waals surface area contributed by atoms with Crippen LogP contribution in [0.4, 0.5) is 0 Å². The van der Waals surface area contributed by atoms with E-state index < -0.39 is 0 Å². The van der Waals surface area contributed by atoms with Crippen LogP contribution in [0.25, 0.3) is 0 Å². The van der Waals surface area contributed by atoms with E-state index in [1.54, 1.807) is 0 Å². The standard InChI is InChI=1S/C20H24ClN5O/c21-16-6-4-13(5-7-16)9-25-10-14-8-18-23-24-19(26(18)12-15(14)11-25)20(27)22-17-2-1-3-17/h4-7,14-15,17H,1-3,8-12H2,(H,22,27)/t14-,15-/m1/s1. The van der Waals surface area contributed by atoms with Crippen molar-refractivity contribution in [2.24, 2.45) is 11.8 Å². The zero-order valence-corrected chi connectivity index (χ0v) is 16.0. The van der Waals surface area contributed by atoms with Gasteiger partial charge in [0.2, 0.25) is 5.82 Å². The molecule has 1 aromatic carbocycles. The number of fused-ring (bicyclic) bond motifs is 2. The zero-order valence-electron chi connectivity index (χ0n) is 15.3. The Morgan fingerprint density at radius 1 is 1.11 bits per heavy atom. The molecule has 1 aliphatic carbocycles. The summed E-state index contributed by atoms with van der Waals surface area (Å²) in [5.41, 5.74) is 1.29. The largest absolute Gasteiger partial charge is 0.347 e. The van der Waals surface area contributed by atoms with Crippen molar-refractivity contribution in [2.45, 2.75) is 44.8 Å². The Bertz CT molecular complexity index is 845. The SMILES string of the molecule is O=C(NC1CCC1)c1nnc2n1C[C@H]1CN(Cc3ccc(Cl)cc3)C[C@H]1C2. The fourth-order valence-electron chi connectivity index (χ4n) is 4.57. The summed E-state index contributed by atoms with van der Waals surface area (Å²) < 4.78 is 2.06. The number of nitrogens with one attached hydrogen (secondary N) is 1. The number of amides is 1. The Morgan fingerprint density at radius 3 is 2.63 bits per heavy atom. The molecule has 2 aromatic rings. The number of benzene rings is 1. The molecule has 0 bridgehead atoms. The normalized spacial score (nSPS) is 24.9. The third kappa shape index (κ3) is 3.36. The number of hydrogen-bond acceptors (Lipinski definition) is 4. The third-order valence-electron chi connectivity index (χ3n) is 6.30. The molecule has 7 heteroatoms. The van der Waals surface area contributed by atoms with Gasteiger partial charge in [0.1, 0.15) is 5.82 Å². The summed E-state index contributed by atoms with van der Waals surface area (Å²) in [6.07, 6.45) is 4.27. The first kappa shape index (κ1) is 17.2. The highest BCUT2D eigenvalue weighted by molar-refractivity contribution is 6.30. The van der Waals surface area contributed by atoms with E-state index in [0.717, 1.165) is 56.3 Å². The molecule has 0 radical (unpaired) electrons. The molecule has 1 amide bonds. The van der Waals surface area contributed by atoms with E-state index in [0.29, 0.717) is 23.7 Å². The van der Waals surface area contributed by atoms with Gasteiger partial charge in [0, 0.05) is 43.7 Å². The van der Waals surface area contributed by atoms with Gasteiger partial charge in [-0.2, -0.15) is 0 Å². The predicted molar refractivity (Wildman–Crippen MR) is 103 cm³/mol. The van der Waals surface area contributed by atoms with Gasteiger partial charge in [0.05, 0.1) is 0 Å². The Balaban J connectivity index is 1.26. The highest BCUT2D eigenvalue weighted by atomic mass is 35.5. The minimum atomic E-state index is -0.0621. The number of likely N-dealkylation sites (tertiary alicyclic amines) is 1. The molecule has 2 aliphatic heterocycles. The van der Waals surface area contributed by atoms with Crippen LogP contribution in [-0.4, -0.2) is 44.7 Å². The topological polar surface area (TPSA) is 63.1 Å². The summed E-state index contributed by atoms with van der Waals surface area (Å²) in [5, 5.41) is 12.4. The van der Waals surface area contributed by atoms with Crippen molar-refractivity contribution in [1.82, 2.24) is 25.0 Å². The third-order valence-corrected chi connectivity index (χ3v) is 6.56. The molecule has 0 spiro atoms. The van der Waals surface area contributed by atoms with Gasteiger partial charge in [-0.15, -0.1) is 10.2 Å². The first-order valence-electron chi connectivity index (χ1n) is 9.85. The Labute approximate surface area is 163 Å². The molecule has 1 N–H and O–H groups in total. The van der Waals surface area contributed by atoms with Crippen LogP contribution in [0.1, 0.15) is 41.3 Å². The first-order valence-corrected chi connectivity index (χ1v) is 10.2. The van der Waals surface area contributed by atoms with E-state index >= 15 is 0 Å². The van der Waals surface area contributed by atoms with Crippen molar-refractivity contribution in [1.29, 1.82) is 0 Å². The zero-order chi connectivity index (χ0) is 18.4. The quantitative estimate of drug-likeness (QED) is 0.878. The van der Waals surface area contributed by atoms with Gasteiger partial charge in [-0.25, -0.2) is 0 Å². The number of halogens is 1. The van der Waals surface area contributed by atoms with Gasteiger partial charge in [-0.1, -0.05) is 23.7 Å². The molecule has 1 saturated heterocycles. The lowest BCUT2D eigenvalue weighted by Gasteiger charge is -2.28. The molecule has 1 saturated carbocycles. The van der Waals surface area contributed by atoms with E-state index in [9.17, 15) is 4.79 Å². The summed E-state index contributed by atoms with van der Waals surface area (Å²) >= 11 is 5.99. The van der Waals surface area contributed by atoms with E-state index in [-0.39, 0.29) is 5.91 Å². The second-order valence-electron chi connectivity index (χ2n) is 8.20. The van der Waals surface area contributed by atoms with E-state index in [2.05, 4.69) is 37.1 Å². The molecular formula is C20H24ClN5O. The van der Waals surface area contributed by atoms with E-state index in [1.165, 1.54) is 12.0 Å². The van der Waals surface area contributed by atoms with Crippen molar-refractivity contribution in [3.8, 4) is 0 Å². The van der Waals surface area contributed by atoms with Crippen LogP contribution < -0.4 is 5.32 Å². The van der Waals surface area contributed by atoms with Gasteiger partial charge in [0.15, 0.2) is 0 Å². The molecule has 3 heterocycles. The summed E-state index contributed by atoms with van der Waals surface area (Å²) in [6.45, 7) is 3.91. The van der Waals surface area contributed by atoms with Gasteiger partial charge in [-0.3, -0.25) is 9.69 Å². The molecule has 142 valence electrons. The number of hydrogen-bond donors (Lipinski definition) is 1. The predicted octanol–water partition coefficient (Wildman–Crippen LogP) is 2.52. The van der Waals surface area contributed by atoms with Gasteiger partial charge >= 0.3 is 0 Å². The lowest BCUT2D eigenvalue weighted by atomic mass is 9.89. The van der Waals surface area contributed by atoms with Crippen LogP contribution >= 0.6 is 11.6 Å². The number of aromatic nitrogens is 3. The van der Waals surface area contributed by atoms with Gasteiger partial charge in [0.25, 0.3) is 5.91 Å². The maximum atomic E-state index is 12.6. The first-order chi connectivity index (χ1) is 13.2. The van der Waals surface area contributed by atoms with Crippen molar-refractivity contribution >= 4 is 17.5 Å². The Hall–Kier alpha value is -1.92. The maximum absolute atomic E-state index is 12.6. The summed E-state index contributed by atoms with van der Waals surface area (Å²) in [5.74, 6) is 2.54. The summed E-state index contributed by atoms with van der Waals surface area (Å²) in [4.78, 5) is 15.1. The molecule has 6 nitrogen and oxygen atoms in total. The van der Waals surface area contributed by atoms with Crippen molar-refractivity contribution in [3.05, 3.63) is 46.5 Å². The molecule has 3 aliphatic rings. The molecule has 0 unspecified atom stereocenters. The van der Waals surface area contributed by atoms with Crippen LogP contribution in [0.3, 0.4) is 0 Å². The lowest BCUT2D eigenvalue weighted by molar-refractivity contribution is 0.0898. The van der Waals surface area contributed by atoms with Crippen molar-refractivity contribution in [2.75, 3.05) is 13.1 Å². The highest BCUT2D eigenvalue weighted by Crippen LogP contribution is 2.33. The van der Waals surface area contributed by atoms with Crippen LogP contribution in [0.15, 0.2) is 24.3 Å². The second-order valence-corrected chi connectivity index (χ2v) is 8.63. The van der Waals surface area contributed by atoms with E-state index in [4.69, 9.17) is 11.6 Å². The van der Waals surface area contributed by atoms with Crippen molar-refractivity contribution < 1.29 is 4.79 Å². The Kier molecular flexibility index (Phi) is 4.40. The molecule has 27 heavy (non-hydrogen) atoms. The van der Waals surface area contributed by atoms with Crippen LogP contribution in [0.5, 0.6) is 0 Å². The second kappa shape index (κ2) is 6.91. The molecule has 1 aromatic heterocycles. The molecule has 2 atom stereocenters. The summed E-state index contributed by atoms with van der Waals surface area (Å²) in [6, 6.07) is 8.43. The van der Waals surface area contributed by atoms with Crippen LogP contribution in [0.2, 0.25) is 5.02 Å². The average molecular weight is 386 g/mol. The van der Waals surface area contributed by atoms with Crippen molar-refractivity contribution in [3.63, 3.8) is 0 Å². The lowest BCUT2D eigenvalue weighted by Crippen LogP contribution is -2.41. The average Bonchev–Trinajstić information content (AvgIpc) is 3.20. The maximum Gasteiger partial charge on any atom is 0.289 e. The fraction of sp³-hybridized carbons (Fsp3) is 0.550.